The summed E-state index contributed by atoms with van der Waals surface area (Å²) in [6.45, 7) is 4.94. The van der Waals surface area contributed by atoms with Crippen LogP contribution in [0.5, 0.6) is 0 Å². The molecule has 1 aliphatic rings. The molecule has 1 aliphatic heterocycles. The Labute approximate surface area is 149 Å². The molecule has 3 heteroatoms. The van der Waals surface area contributed by atoms with Gasteiger partial charge in [-0.3, -0.25) is 0 Å². The molecule has 0 saturated carbocycles. The summed E-state index contributed by atoms with van der Waals surface area (Å²) >= 11 is 0. The molecule has 0 aromatic heterocycles. The van der Waals surface area contributed by atoms with Crippen LogP contribution in [0, 0.1) is 0 Å². The quantitative estimate of drug-likeness (QED) is 0.747. The summed E-state index contributed by atoms with van der Waals surface area (Å²) in [7, 11) is 0. The Kier molecular flexibility index (Phi) is 5.34. The predicted octanol–water partition coefficient (Wildman–Crippen LogP) is 4.64. The monoisotopic (exact) mass is 333 g/mol. The Hall–Kier alpha value is -2.81. The van der Waals surface area contributed by atoms with Gasteiger partial charge >= 0.3 is 5.97 Å². The van der Waals surface area contributed by atoms with E-state index >= 15 is 0 Å². The van der Waals surface area contributed by atoms with Crippen LogP contribution in [0.25, 0.3) is 0 Å². The van der Waals surface area contributed by atoms with Gasteiger partial charge in [0.15, 0.2) is 0 Å². The van der Waals surface area contributed by atoms with Gasteiger partial charge in [-0.15, -0.1) is 0 Å². The summed E-state index contributed by atoms with van der Waals surface area (Å²) in [5, 5.41) is 0. The van der Waals surface area contributed by atoms with Gasteiger partial charge in [-0.05, 0) is 25.0 Å². The van der Waals surface area contributed by atoms with Crippen LogP contribution in [0.4, 0.5) is 0 Å². The lowest BCUT2D eigenvalue weighted by Gasteiger charge is -2.31. The van der Waals surface area contributed by atoms with Gasteiger partial charge in [0, 0.05) is 24.4 Å². The fraction of sp³-hybridized carbons (Fsp3) is 0.227. The second kappa shape index (κ2) is 7.84. The van der Waals surface area contributed by atoms with Crippen LogP contribution in [0.15, 0.2) is 84.2 Å². The maximum atomic E-state index is 12.6. The zero-order valence-electron chi connectivity index (χ0n) is 14.7. The molecule has 0 fully saturated rings. The van der Waals surface area contributed by atoms with E-state index in [0.29, 0.717) is 12.2 Å². The van der Waals surface area contributed by atoms with Crippen molar-refractivity contribution in [1.29, 1.82) is 0 Å². The van der Waals surface area contributed by atoms with Crippen molar-refractivity contribution in [2.45, 2.75) is 26.3 Å². The summed E-state index contributed by atoms with van der Waals surface area (Å²) in [5.74, 6) is -0.316. The minimum absolute atomic E-state index is 0.0766. The van der Waals surface area contributed by atoms with Gasteiger partial charge < -0.3 is 9.64 Å². The standard InChI is InChI=1S/C22H23NO2/c1-3-25-22(24)21-17(2)23(16-18-10-6-4-7-11-18)15-14-20(21)19-12-8-5-9-13-19/h4-15,20H,3,16H2,1-2H3/t20-/m0/s1. The maximum absolute atomic E-state index is 12.6. The lowest BCUT2D eigenvalue weighted by atomic mass is 9.87. The van der Waals surface area contributed by atoms with Gasteiger partial charge in [0.05, 0.1) is 12.2 Å². The number of benzene rings is 2. The van der Waals surface area contributed by atoms with E-state index in [-0.39, 0.29) is 11.9 Å². The van der Waals surface area contributed by atoms with Gasteiger partial charge in [-0.1, -0.05) is 66.7 Å². The molecule has 0 unspecified atom stereocenters. The number of carbonyl (C=O) groups is 1. The number of rotatable bonds is 5. The molecule has 2 aromatic carbocycles. The highest BCUT2D eigenvalue weighted by Crippen LogP contribution is 2.34. The van der Waals surface area contributed by atoms with E-state index in [4.69, 9.17) is 4.74 Å². The zero-order valence-corrected chi connectivity index (χ0v) is 14.7. The molecule has 0 saturated heterocycles. The molecule has 1 atom stereocenters. The fourth-order valence-electron chi connectivity index (χ4n) is 3.15. The van der Waals surface area contributed by atoms with Crippen molar-refractivity contribution in [1.82, 2.24) is 4.90 Å². The summed E-state index contributed by atoms with van der Waals surface area (Å²) in [4.78, 5) is 14.8. The Bertz CT molecular complexity index is 778. The average molecular weight is 333 g/mol. The Morgan fingerprint density at radius 2 is 1.68 bits per heavy atom. The number of carbonyl (C=O) groups excluding carboxylic acids is 1. The molecule has 0 amide bonds. The normalized spacial score (nSPS) is 16.9. The maximum Gasteiger partial charge on any atom is 0.336 e. The van der Waals surface area contributed by atoms with E-state index in [1.54, 1.807) is 0 Å². The van der Waals surface area contributed by atoms with Crippen molar-refractivity contribution in [3.8, 4) is 0 Å². The number of esters is 1. The molecule has 0 N–H and O–H groups in total. The highest BCUT2D eigenvalue weighted by atomic mass is 16.5. The molecule has 128 valence electrons. The summed E-state index contributed by atoms with van der Waals surface area (Å²) in [6, 6.07) is 20.3. The highest BCUT2D eigenvalue weighted by molar-refractivity contribution is 5.92. The van der Waals surface area contributed by atoms with Crippen molar-refractivity contribution in [3.63, 3.8) is 0 Å². The predicted molar refractivity (Wildman–Crippen MR) is 99.6 cm³/mol. The smallest absolute Gasteiger partial charge is 0.336 e. The van der Waals surface area contributed by atoms with Crippen LogP contribution in [-0.2, 0) is 16.1 Å². The van der Waals surface area contributed by atoms with Crippen molar-refractivity contribution >= 4 is 5.97 Å². The van der Waals surface area contributed by atoms with E-state index in [9.17, 15) is 4.79 Å². The third kappa shape index (κ3) is 3.82. The van der Waals surface area contributed by atoms with Crippen molar-refractivity contribution in [2.24, 2.45) is 0 Å². The van der Waals surface area contributed by atoms with Gasteiger partial charge in [-0.2, -0.15) is 0 Å². The third-order valence-electron chi connectivity index (χ3n) is 4.44. The van der Waals surface area contributed by atoms with Crippen LogP contribution >= 0.6 is 0 Å². The first-order valence-electron chi connectivity index (χ1n) is 8.62. The molecule has 25 heavy (non-hydrogen) atoms. The lowest BCUT2D eigenvalue weighted by Crippen LogP contribution is -2.26. The van der Waals surface area contributed by atoms with Crippen molar-refractivity contribution in [2.75, 3.05) is 6.61 Å². The molecule has 0 spiro atoms. The molecule has 0 aliphatic carbocycles. The van der Waals surface area contributed by atoms with E-state index < -0.39 is 0 Å². The van der Waals surface area contributed by atoms with Gasteiger partial charge in [0.1, 0.15) is 0 Å². The zero-order chi connectivity index (χ0) is 17.6. The van der Waals surface area contributed by atoms with Crippen molar-refractivity contribution in [3.05, 3.63) is 95.3 Å². The highest BCUT2D eigenvalue weighted by Gasteiger charge is 2.29. The van der Waals surface area contributed by atoms with E-state index in [1.807, 2.05) is 62.4 Å². The Morgan fingerprint density at radius 1 is 1.04 bits per heavy atom. The molecule has 2 aromatic rings. The SMILES string of the molecule is CCOC(=O)C1=C(C)N(Cc2ccccc2)C=C[C@H]1c1ccccc1. The molecule has 0 bridgehead atoms. The summed E-state index contributed by atoms with van der Waals surface area (Å²) in [6.07, 6.45) is 4.15. The Balaban J connectivity index is 1.95. The van der Waals surface area contributed by atoms with Crippen molar-refractivity contribution < 1.29 is 9.53 Å². The molecular formula is C22H23NO2. The minimum atomic E-state index is -0.240. The first-order valence-corrected chi connectivity index (χ1v) is 8.62. The molecule has 3 nitrogen and oxygen atoms in total. The van der Waals surface area contributed by atoms with Gasteiger partial charge in [-0.25, -0.2) is 4.79 Å². The molecule has 1 heterocycles. The first-order chi connectivity index (χ1) is 12.2. The van der Waals surface area contributed by atoms with Gasteiger partial charge in [0.25, 0.3) is 0 Å². The second-order valence-electron chi connectivity index (χ2n) is 6.06. The van der Waals surface area contributed by atoms with Crippen LogP contribution in [-0.4, -0.2) is 17.5 Å². The largest absolute Gasteiger partial charge is 0.463 e. The first kappa shape index (κ1) is 17.0. The van der Waals surface area contributed by atoms with Crippen LogP contribution in [0.3, 0.4) is 0 Å². The molecule has 0 radical (unpaired) electrons. The number of nitrogens with zero attached hydrogens (tertiary/aromatic N) is 1. The number of ether oxygens (including phenoxy) is 1. The number of hydrogen-bond acceptors (Lipinski definition) is 3. The van der Waals surface area contributed by atoms with Crippen LogP contribution in [0.2, 0.25) is 0 Å². The second-order valence-corrected chi connectivity index (χ2v) is 6.06. The summed E-state index contributed by atoms with van der Waals surface area (Å²) < 4.78 is 5.34. The van der Waals surface area contributed by atoms with E-state index in [2.05, 4.69) is 29.3 Å². The van der Waals surface area contributed by atoms with Crippen LogP contribution < -0.4 is 0 Å². The Morgan fingerprint density at radius 3 is 2.32 bits per heavy atom. The average Bonchev–Trinajstić information content (AvgIpc) is 2.65. The van der Waals surface area contributed by atoms with E-state index in [0.717, 1.165) is 17.8 Å². The van der Waals surface area contributed by atoms with Gasteiger partial charge in [0.2, 0.25) is 0 Å². The third-order valence-corrected chi connectivity index (χ3v) is 4.44. The topological polar surface area (TPSA) is 29.5 Å². The number of allylic oxidation sites excluding steroid dienone is 2. The lowest BCUT2D eigenvalue weighted by molar-refractivity contribution is -0.138. The number of hydrogen-bond donors (Lipinski definition) is 0. The summed E-state index contributed by atoms with van der Waals surface area (Å²) in [5.41, 5.74) is 3.96. The van der Waals surface area contributed by atoms with E-state index in [1.165, 1.54) is 5.56 Å². The fourth-order valence-corrected chi connectivity index (χ4v) is 3.15. The minimum Gasteiger partial charge on any atom is -0.463 e. The molecule has 3 rings (SSSR count). The van der Waals surface area contributed by atoms with Crippen LogP contribution in [0.1, 0.15) is 30.9 Å². The molecular weight excluding hydrogens is 310 g/mol.